The molecule has 0 bridgehead atoms. The van der Waals surface area contributed by atoms with Crippen LogP contribution in [0.1, 0.15) is 44.4 Å². The van der Waals surface area contributed by atoms with E-state index in [1.807, 2.05) is 62.4 Å². The molecule has 1 heterocycles. The molecule has 1 amide bonds. The van der Waals surface area contributed by atoms with Gasteiger partial charge in [0.05, 0.1) is 24.8 Å². The topological polar surface area (TPSA) is 76.1 Å². The summed E-state index contributed by atoms with van der Waals surface area (Å²) in [6.07, 6.45) is 0.184. The van der Waals surface area contributed by atoms with E-state index in [0.29, 0.717) is 11.5 Å². The van der Waals surface area contributed by atoms with Crippen molar-refractivity contribution in [3.63, 3.8) is 0 Å². The molecule has 1 N–H and O–H groups in total. The SMILES string of the molecule is CCC(=O)C1=C(O)C(=O)N(Cc2ccc(OC)cc2)C1c1cccc(OC(C)C)c1. The third-order valence-electron chi connectivity index (χ3n) is 4.98. The lowest BCUT2D eigenvalue weighted by atomic mass is 9.94. The van der Waals surface area contributed by atoms with Crippen LogP contribution in [0.25, 0.3) is 0 Å². The second-order valence-electron chi connectivity index (χ2n) is 7.46. The Bertz CT molecular complexity index is 962. The zero-order chi connectivity index (χ0) is 21.8. The molecule has 0 aromatic heterocycles. The fraction of sp³-hybridized carbons (Fsp3) is 0.333. The van der Waals surface area contributed by atoms with Gasteiger partial charge in [0.15, 0.2) is 11.5 Å². The molecular weight excluding hydrogens is 382 g/mol. The molecule has 0 spiro atoms. The molecule has 6 nitrogen and oxygen atoms in total. The van der Waals surface area contributed by atoms with Crippen molar-refractivity contribution >= 4 is 11.7 Å². The Morgan fingerprint density at radius 1 is 1.13 bits per heavy atom. The molecule has 1 atom stereocenters. The predicted molar refractivity (Wildman–Crippen MR) is 113 cm³/mol. The first kappa shape index (κ1) is 21.4. The zero-order valence-electron chi connectivity index (χ0n) is 17.7. The predicted octanol–water partition coefficient (Wildman–Crippen LogP) is 4.36. The Hall–Kier alpha value is -3.28. The van der Waals surface area contributed by atoms with Crippen LogP contribution in [0.2, 0.25) is 0 Å². The number of rotatable bonds is 8. The number of carbonyl (C=O) groups excluding carboxylic acids is 2. The molecule has 0 saturated carbocycles. The van der Waals surface area contributed by atoms with E-state index in [1.54, 1.807) is 14.0 Å². The van der Waals surface area contributed by atoms with E-state index in [9.17, 15) is 14.7 Å². The molecule has 0 aliphatic carbocycles. The van der Waals surface area contributed by atoms with E-state index in [0.717, 1.165) is 11.1 Å². The number of methoxy groups -OCH3 is 1. The molecule has 2 aromatic rings. The standard InChI is InChI=1S/C24H27NO5/c1-5-20(26)21-22(17-7-6-8-19(13-17)30-15(2)3)25(24(28)23(21)27)14-16-9-11-18(29-4)12-10-16/h6-13,15,22,27H,5,14H2,1-4H3. The number of aliphatic hydroxyl groups is 1. The smallest absolute Gasteiger partial charge is 0.290 e. The van der Waals surface area contributed by atoms with Gasteiger partial charge in [0.1, 0.15) is 11.5 Å². The number of carbonyl (C=O) groups is 2. The van der Waals surface area contributed by atoms with Crippen molar-refractivity contribution in [2.45, 2.75) is 45.9 Å². The maximum absolute atomic E-state index is 12.9. The van der Waals surface area contributed by atoms with Crippen molar-refractivity contribution < 1.29 is 24.2 Å². The summed E-state index contributed by atoms with van der Waals surface area (Å²) in [5.41, 5.74) is 1.72. The third kappa shape index (κ3) is 4.32. The molecule has 158 valence electrons. The number of hydrogen-bond acceptors (Lipinski definition) is 5. The lowest BCUT2D eigenvalue weighted by molar-refractivity contribution is -0.130. The fourth-order valence-corrected chi connectivity index (χ4v) is 3.60. The number of Topliss-reactive ketones (excluding diaryl/α,β-unsaturated/α-hetero) is 1. The van der Waals surface area contributed by atoms with Gasteiger partial charge in [-0.3, -0.25) is 9.59 Å². The first-order valence-corrected chi connectivity index (χ1v) is 10.0. The maximum Gasteiger partial charge on any atom is 0.290 e. The second kappa shape index (κ2) is 9.03. The number of nitrogens with zero attached hydrogens (tertiary/aromatic N) is 1. The molecule has 3 rings (SSSR count). The van der Waals surface area contributed by atoms with Crippen molar-refractivity contribution in [1.29, 1.82) is 0 Å². The molecular formula is C24H27NO5. The molecule has 0 radical (unpaired) electrons. The van der Waals surface area contributed by atoms with Gasteiger partial charge in [0.2, 0.25) is 0 Å². The van der Waals surface area contributed by atoms with Crippen LogP contribution in [0.4, 0.5) is 0 Å². The summed E-state index contributed by atoms with van der Waals surface area (Å²) in [6.45, 7) is 5.82. The van der Waals surface area contributed by atoms with Crippen LogP contribution >= 0.6 is 0 Å². The van der Waals surface area contributed by atoms with Gasteiger partial charge in [-0.05, 0) is 49.2 Å². The third-order valence-corrected chi connectivity index (χ3v) is 4.98. The van der Waals surface area contributed by atoms with Gasteiger partial charge in [0.25, 0.3) is 5.91 Å². The van der Waals surface area contributed by atoms with E-state index in [1.165, 1.54) is 4.90 Å². The van der Waals surface area contributed by atoms with Crippen LogP contribution in [-0.2, 0) is 16.1 Å². The highest BCUT2D eigenvalue weighted by Crippen LogP contribution is 2.40. The summed E-state index contributed by atoms with van der Waals surface area (Å²) in [4.78, 5) is 27.1. The summed E-state index contributed by atoms with van der Waals surface area (Å²) in [5, 5.41) is 10.6. The highest BCUT2D eigenvalue weighted by Gasteiger charge is 2.43. The molecule has 1 unspecified atom stereocenters. The first-order chi connectivity index (χ1) is 14.3. The lowest BCUT2D eigenvalue weighted by Crippen LogP contribution is -2.30. The number of benzene rings is 2. The van der Waals surface area contributed by atoms with E-state index in [2.05, 4.69) is 0 Å². The molecule has 30 heavy (non-hydrogen) atoms. The summed E-state index contributed by atoms with van der Waals surface area (Å²) in [7, 11) is 1.59. The average Bonchev–Trinajstić information content (AvgIpc) is 2.98. The van der Waals surface area contributed by atoms with Crippen LogP contribution in [0.3, 0.4) is 0 Å². The van der Waals surface area contributed by atoms with Gasteiger partial charge in [-0.25, -0.2) is 0 Å². The molecule has 2 aromatic carbocycles. The fourth-order valence-electron chi connectivity index (χ4n) is 3.60. The van der Waals surface area contributed by atoms with E-state index >= 15 is 0 Å². The van der Waals surface area contributed by atoms with Crippen LogP contribution in [0, 0.1) is 0 Å². The number of amides is 1. The van der Waals surface area contributed by atoms with Crippen molar-refractivity contribution in [2.24, 2.45) is 0 Å². The number of ether oxygens (including phenoxy) is 2. The molecule has 1 aliphatic heterocycles. The summed E-state index contributed by atoms with van der Waals surface area (Å²) >= 11 is 0. The second-order valence-corrected chi connectivity index (χ2v) is 7.46. The Labute approximate surface area is 176 Å². The molecule has 6 heteroatoms. The van der Waals surface area contributed by atoms with Crippen LogP contribution < -0.4 is 9.47 Å². The summed E-state index contributed by atoms with van der Waals surface area (Å²) in [6, 6.07) is 14.0. The Balaban J connectivity index is 2.02. The van der Waals surface area contributed by atoms with Crippen LogP contribution in [-0.4, -0.2) is 34.9 Å². The molecule has 0 saturated heterocycles. The minimum absolute atomic E-state index is 0.0125. The molecule has 1 aliphatic rings. The van der Waals surface area contributed by atoms with Gasteiger partial charge in [0, 0.05) is 13.0 Å². The van der Waals surface area contributed by atoms with E-state index in [-0.39, 0.29) is 30.4 Å². The van der Waals surface area contributed by atoms with Gasteiger partial charge >= 0.3 is 0 Å². The normalized spacial score (nSPS) is 16.4. The number of ketones is 1. The van der Waals surface area contributed by atoms with Crippen molar-refractivity contribution in [3.8, 4) is 11.5 Å². The van der Waals surface area contributed by atoms with Crippen LogP contribution in [0.5, 0.6) is 11.5 Å². The number of aliphatic hydroxyl groups excluding tert-OH is 1. The van der Waals surface area contributed by atoms with Crippen molar-refractivity contribution in [1.82, 2.24) is 4.90 Å². The van der Waals surface area contributed by atoms with Crippen molar-refractivity contribution in [2.75, 3.05) is 7.11 Å². The highest BCUT2D eigenvalue weighted by atomic mass is 16.5. The van der Waals surface area contributed by atoms with E-state index < -0.39 is 17.7 Å². The van der Waals surface area contributed by atoms with Crippen molar-refractivity contribution in [3.05, 3.63) is 71.0 Å². The number of hydrogen-bond donors (Lipinski definition) is 1. The monoisotopic (exact) mass is 409 g/mol. The van der Waals surface area contributed by atoms with Gasteiger partial charge in [-0.2, -0.15) is 0 Å². The average molecular weight is 409 g/mol. The highest BCUT2D eigenvalue weighted by molar-refractivity contribution is 6.08. The van der Waals surface area contributed by atoms with Gasteiger partial charge in [-0.1, -0.05) is 31.2 Å². The van der Waals surface area contributed by atoms with Gasteiger partial charge < -0.3 is 19.5 Å². The van der Waals surface area contributed by atoms with Gasteiger partial charge in [-0.15, -0.1) is 0 Å². The quantitative estimate of drug-likeness (QED) is 0.701. The van der Waals surface area contributed by atoms with Crippen LogP contribution in [0.15, 0.2) is 59.9 Å². The minimum atomic E-state index is -0.678. The largest absolute Gasteiger partial charge is 0.503 e. The molecule has 0 fully saturated rings. The summed E-state index contributed by atoms with van der Waals surface area (Å²) in [5.74, 6) is 0.0787. The first-order valence-electron chi connectivity index (χ1n) is 10.0. The Morgan fingerprint density at radius 3 is 2.43 bits per heavy atom. The summed E-state index contributed by atoms with van der Waals surface area (Å²) < 4.78 is 11.0. The Morgan fingerprint density at radius 2 is 1.83 bits per heavy atom. The minimum Gasteiger partial charge on any atom is -0.503 e. The maximum atomic E-state index is 12.9. The zero-order valence-corrected chi connectivity index (χ0v) is 17.7. The Kier molecular flexibility index (Phi) is 6.45. The lowest BCUT2D eigenvalue weighted by Gasteiger charge is -2.27. The van der Waals surface area contributed by atoms with E-state index in [4.69, 9.17) is 9.47 Å².